The van der Waals surface area contributed by atoms with Gasteiger partial charge in [-0.1, -0.05) is 0 Å². The molecule has 0 saturated heterocycles. The van der Waals surface area contributed by atoms with Crippen molar-refractivity contribution in [1.29, 1.82) is 0 Å². The summed E-state index contributed by atoms with van der Waals surface area (Å²) in [6.07, 6.45) is -1.96. The van der Waals surface area contributed by atoms with Crippen LogP contribution in [0.2, 0.25) is 0 Å². The van der Waals surface area contributed by atoms with Gasteiger partial charge in [0.05, 0.1) is 0 Å². The maximum absolute atomic E-state index is 12.3. The molecule has 0 rings (SSSR count). The molecule has 0 bridgehead atoms. The van der Waals surface area contributed by atoms with Gasteiger partial charge in [0.2, 0.25) is 11.7 Å². The van der Waals surface area contributed by atoms with Crippen molar-refractivity contribution in [2.75, 3.05) is 19.8 Å². The molecule has 2 amide bonds. The van der Waals surface area contributed by atoms with Crippen LogP contribution in [0.1, 0.15) is 32.6 Å². The first-order chi connectivity index (χ1) is 15.8. The summed E-state index contributed by atoms with van der Waals surface area (Å²) < 4.78 is 4.79. The SMILES string of the molecule is CC(=O)C(=O)N[C@@H](CCCNC(=O)CCC(N)C(=O)O)C(=O)OC[C@@H](CO[N+](=O)[O-])O[N+](=O)[O-]. The molecule has 1 unspecified atom stereocenters. The van der Waals surface area contributed by atoms with Crippen molar-refractivity contribution in [2.45, 2.75) is 50.8 Å². The third-order valence-corrected chi connectivity index (χ3v) is 3.91. The van der Waals surface area contributed by atoms with Gasteiger partial charge in [-0.05, 0) is 19.3 Å². The average molecular weight is 495 g/mol. The van der Waals surface area contributed by atoms with Crippen molar-refractivity contribution >= 4 is 29.5 Å². The van der Waals surface area contributed by atoms with Crippen molar-refractivity contribution in [3.63, 3.8) is 0 Å². The summed E-state index contributed by atoms with van der Waals surface area (Å²) in [6, 6.07) is -2.60. The highest BCUT2D eigenvalue weighted by atomic mass is 17.0. The second-order valence-electron chi connectivity index (χ2n) is 6.66. The second kappa shape index (κ2) is 15.7. The first kappa shape index (κ1) is 29.9. The summed E-state index contributed by atoms with van der Waals surface area (Å²) in [5.74, 6) is -4.94. The third-order valence-electron chi connectivity index (χ3n) is 3.91. The molecule has 0 radical (unpaired) electrons. The Hall–Kier alpha value is -4.09. The summed E-state index contributed by atoms with van der Waals surface area (Å²) in [7, 11) is 0. The number of ether oxygens (including phenoxy) is 1. The molecule has 192 valence electrons. The molecule has 0 fully saturated rings. The van der Waals surface area contributed by atoms with E-state index in [4.69, 9.17) is 15.6 Å². The van der Waals surface area contributed by atoms with Crippen LogP contribution in [0.3, 0.4) is 0 Å². The zero-order valence-corrected chi connectivity index (χ0v) is 18.0. The van der Waals surface area contributed by atoms with Gasteiger partial charge in [0.25, 0.3) is 16.1 Å². The monoisotopic (exact) mass is 495 g/mol. The molecule has 34 heavy (non-hydrogen) atoms. The third kappa shape index (κ3) is 14.1. The fourth-order valence-electron chi connectivity index (χ4n) is 2.19. The van der Waals surface area contributed by atoms with Gasteiger partial charge < -0.3 is 35.9 Å². The average Bonchev–Trinajstić information content (AvgIpc) is 2.74. The van der Waals surface area contributed by atoms with Crippen LogP contribution in [-0.4, -0.2) is 82.8 Å². The molecule has 5 N–H and O–H groups in total. The zero-order chi connectivity index (χ0) is 26.3. The van der Waals surface area contributed by atoms with E-state index in [1.807, 2.05) is 0 Å². The van der Waals surface area contributed by atoms with Gasteiger partial charge >= 0.3 is 11.9 Å². The predicted molar refractivity (Wildman–Crippen MR) is 105 cm³/mol. The number of rotatable bonds is 18. The smallest absolute Gasteiger partial charge is 0.328 e. The van der Waals surface area contributed by atoms with Crippen molar-refractivity contribution in [1.82, 2.24) is 10.6 Å². The van der Waals surface area contributed by atoms with Crippen LogP contribution in [-0.2, 0) is 38.4 Å². The van der Waals surface area contributed by atoms with E-state index in [1.54, 1.807) is 0 Å². The summed E-state index contributed by atoms with van der Waals surface area (Å²) in [5.41, 5.74) is 5.29. The Kier molecular flexibility index (Phi) is 13.8. The zero-order valence-electron chi connectivity index (χ0n) is 18.0. The molecule has 3 atom stereocenters. The first-order valence-corrected chi connectivity index (χ1v) is 9.65. The van der Waals surface area contributed by atoms with Gasteiger partial charge in [0.15, 0.2) is 6.10 Å². The number of nitrogens with zero attached hydrogens (tertiary/aromatic N) is 2. The number of ketones is 1. The number of carbonyl (C=O) groups is 5. The largest absolute Gasteiger partial charge is 0.480 e. The van der Waals surface area contributed by atoms with E-state index in [-0.39, 0.29) is 32.2 Å². The number of esters is 1. The lowest BCUT2D eigenvalue weighted by molar-refractivity contribution is -0.790. The molecule has 18 nitrogen and oxygen atoms in total. The summed E-state index contributed by atoms with van der Waals surface area (Å²) >= 11 is 0. The molecule has 0 spiro atoms. The summed E-state index contributed by atoms with van der Waals surface area (Å²) in [4.78, 5) is 86.2. The van der Waals surface area contributed by atoms with E-state index in [1.165, 1.54) is 0 Å². The molecule has 0 aromatic heterocycles. The standard InChI is InChI=1S/C16H25N5O13/c1-9(22)14(24)19-12(3-2-6-18-13(23)5-4-11(17)15(25)26)16(27)32-7-10(34-21(30)31)8-33-20(28)29/h10-12H,2-8,17H2,1H3,(H,18,23)(H,19,24)(H,25,26)/t10-,11?,12-/m0/s1. The normalized spacial score (nSPS) is 12.9. The number of amides is 2. The van der Waals surface area contributed by atoms with E-state index >= 15 is 0 Å². The van der Waals surface area contributed by atoms with Crippen LogP contribution in [0.25, 0.3) is 0 Å². The second-order valence-corrected chi connectivity index (χ2v) is 6.66. The maximum atomic E-state index is 12.3. The van der Waals surface area contributed by atoms with E-state index in [0.29, 0.717) is 0 Å². The van der Waals surface area contributed by atoms with Crippen LogP contribution >= 0.6 is 0 Å². The van der Waals surface area contributed by atoms with E-state index in [0.717, 1.165) is 6.92 Å². The number of Topliss-reactive ketones (excluding diaryl/α,β-unsaturated/α-hetero) is 1. The number of hydrogen-bond acceptors (Lipinski definition) is 13. The molecular formula is C16H25N5O13. The molecule has 0 saturated carbocycles. The Morgan fingerprint density at radius 2 is 1.71 bits per heavy atom. The molecule has 0 aliphatic carbocycles. The van der Waals surface area contributed by atoms with Crippen molar-refractivity contribution < 1.29 is 53.7 Å². The Bertz CT molecular complexity index is 774. The molecule has 0 heterocycles. The van der Waals surface area contributed by atoms with Crippen LogP contribution in [0, 0.1) is 20.2 Å². The fourth-order valence-corrected chi connectivity index (χ4v) is 2.19. The van der Waals surface area contributed by atoms with Crippen LogP contribution < -0.4 is 16.4 Å². The molecule has 0 aliphatic heterocycles. The van der Waals surface area contributed by atoms with Gasteiger partial charge in [-0.25, -0.2) is 4.79 Å². The number of nitrogens with two attached hydrogens (primary N) is 1. The Balaban J connectivity index is 4.81. The predicted octanol–water partition coefficient (Wildman–Crippen LogP) is -2.52. The van der Waals surface area contributed by atoms with Gasteiger partial charge in [0.1, 0.15) is 25.3 Å². The number of nitrogens with one attached hydrogen (secondary N) is 2. The number of aliphatic carboxylic acids is 1. The Morgan fingerprint density at radius 1 is 1.06 bits per heavy atom. The number of carboxylic acid groups (broad SMARTS) is 1. The topological polar surface area (TPSA) is 270 Å². The van der Waals surface area contributed by atoms with Gasteiger partial charge in [0, 0.05) is 19.9 Å². The molecule has 0 aliphatic rings. The lowest BCUT2D eigenvalue weighted by Crippen LogP contribution is -2.45. The first-order valence-electron chi connectivity index (χ1n) is 9.65. The van der Waals surface area contributed by atoms with E-state index < -0.39 is 71.1 Å². The molecular weight excluding hydrogens is 470 g/mol. The van der Waals surface area contributed by atoms with Crippen LogP contribution in [0.4, 0.5) is 0 Å². The number of carboxylic acids is 1. The highest BCUT2D eigenvalue weighted by molar-refractivity contribution is 6.35. The summed E-state index contributed by atoms with van der Waals surface area (Å²) in [6.45, 7) is -0.829. The van der Waals surface area contributed by atoms with Gasteiger partial charge in [-0.3, -0.25) is 19.2 Å². The van der Waals surface area contributed by atoms with Crippen LogP contribution in [0.5, 0.6) is 0 Å². The number of hydrogen-bond donors (Lipinski definition) is 4. The van der Waals surface area contributed by atoms with Crippen molar-refractivity contribution in [3.8, 4) is 0 Å². The highest BCUT2D eigenvalue weighted by Gasteiger charge is 2.26. The highest BCUT2D eigenvalue weighted by Crippen LogP contribution is 2.04. The summed E-state index contributed by atoms with van der Waals surface area (Å²) in [5, 5.41) is 31.4. The maximum Gasteiger partial charge on any atom is 0.328 e. The molecule has 18 heteroatoms. The van der Waals surface area contributed by atoms with Crippen molar-refractivity contribution in [2.24, 2.45) is 5.73 Å². The quantitative estimate of drug-likeness (QED) is 0.0502. The van der Waals surface area contributed by atoms with E-state index in [9.17, 15) is 44.2 Å². The van der Waals surface area contributed by atoms with Crippen LogP contribution in [0.15, 0.2) is 0 Å². The Labute approximate surface area is 191 Å². The lowest BCUT2D eigenvalue weighted by atomic mass is 10.1. The minimum atomic E-state index is -1.65. The van der Waals surface area contributed by atoms with Gasteiger partial charge in [-0.15, -0.1) is 20.2 Å². The number of carbonyl (C=O) groups excluding carboxylic acids is 4. The lowest BCUT2D eigenvalue weighted by Gasteiger charge is -2.19. The Morgan fingerprint density at radius 3 is 2.24 bits per heavy atom. The minimum absolute atomic E-state index is 0.00456. The van der Waals surface area contributed by atoms with Crippen molar-refractivity contribution in [3.05, 3.63) is 20.2 Å². The van der Waals surface area contributed by atoms with E-state index in [2.05, 4.69) is 20.3 Å². The minimum Gasteiger partial charge on any atom is -0.480 e. The molecule has 0 aromatic rings. The van der Waals surface area contributed by atoms with Gasteiger partial charge in [-0.2, -0.15) is 0 Å². The molecule has 0 aromatic carbocycles. The fraction of sp³-hybridized carbons (Fsp3) is 0.688.